The topological polar surface area (TPSA) is 78.9 Å². The number of carbonyl (C=O) groups excluding carboxylic acids is 3. The van der Waals surface area contributed by atoms with Crippen molar-refractivity contribution in [3.05, 3.63) is 0 Å². The van der Waals surface area contributed by atoms with Crippen LogP contribution in [0.5, 0.6) is 0 Å². The van der Waals surface area contributed by atoms with Crippen LogP contribution in [0.2, 0.25) is 0 Å². The van der Waals surface area contributed by atoms with Crippen molar-refractivity contribution in [3.8, 4) is 0 Å². The number of esters is 3. The fourth-order valence-electron chi connectivity index (χ4n) is 8.04. The Morgan fingerprint density at radius 2 is 0.559 bits per heavy atom. The Labute approximate surface area is 368 Å². The van der Waals surface area contributed by atoms with E-state index in [9.17, 15) is 14.4 Å². The zero-order valence-corrected chi connectivity index (χ0v) is 40.2. The van der Waals surface area contributed by atoms with Gasteiger partial charge >= 0.3 is 17.9 Å². The lowest BCUT2D eigenvalue weighted by molar-refractivity contribution is -0.167. The minimum absolute atomic E-state index is 0.0629. The van der Waals surface area contributed by atoms with Crippen molar-refractivity contribution in [1.29, 1.82) is 0 Å². The zero-order valence-electron chi connectivity index (χ0n) is 40.2. The van der Waals surface area contributed by atoms with Crippen molar-refractivity contribution < 1.29 is 28.6 Å². The first-order valence-corrected chi connectivity index (χ1v) is 26.4. The monoisotopic (exact) mass is 835 g/mol. The maximum Gasteiger partial charge on any atom is 0.306 e. The van der Waals surface area contributed by atoms with Crippen LogP contribution in [0.1, 0.15) is 297 Å². The highest BCUT2D eigenvalue weighted by atomic mass is 16.6. The fraction of sp³-hybridized carbons (Fsp3) is 0.943. The van der Waals surface area contributed by atoms with Crippen molar-refractivity contribution in [3.63, 3.8) is 0 Å². The molecule has 0 amide bonds. The molecule has 0 heterocycles. The van der Waals surface area contributed by atoms with E-state index < -0.39 is 6.10 Å². The van der Waals surface area contributed by atoms with Gasteiger partial charge in [-0.15, -0.1) is 0 Å². The first-order chi connectivity index (χ1) is 28.9. The molecule has 0 unspecified atom stereocenters. The van der Waals surface area contributed by atoms with Crippen LogP contribution in [0.15, 0.2) is 0 Å². The standard InChI is InChI=1S/C53H102O6/c1-5-7-9-11-13-15-17-19-21-23-25-27-32-36-40-44-51(54)57-47-50(48-58-52(55)45-41-37-33-30-29-31-35-39-43-49(3)4)59-53(56)46-42-38-34-28-26-24-22-20-18-16-14-12-10-8-6-2/h49-50H,5-48H2,1-4H3/t50-/m0/s1. The second-order valence-electron chi connectivity index (χ2n) is 18.6. The van der Waals surface area contributed by atoms with Gasteiger partial charge in [-0.25, -0.2) is 0 Å². The first-order valence-electron chi connectivity index (χ1n) is 26.4. The summed E-state index contributed by atoms with van der Waals surface area (Å²) in [7, 11) is 0. The minimum Gasteiger partial charge on any atom is -0.462 e. The normalized spacial score (nSPS) is 11.9. The smallest absolute Gasteiger partial charge is 0.306 e. The highest BCUT2D eigenvalue weighted by molar-refractivity contribution is 5.71. The van der Waals surface area contributed by atoms with Crippen molar-refractivity contribution in [2.75, 3.05) is 13.2 Å². The van der Waals surface area contributed by atoms with Gasteiger partial charge in [0.2, 0.25) is 0 Å². The van der Waals surface area contributed by atoms with E-state index in [1.165, 1.54) is 193 Å². The second-order valence-corrected chi connectivity index (χ2v) is 18.6. The lowest BCUT2D eigenvalue weighted by atomic mass is 10.0. The molecule has 0 bridgehead atoms. The molecule has 1 atom stereocenters. The van der Waals surface area contributed by atoms with Crippen LogP contribution >= 0.6 is 0 Å². The molecule has 0 N–H and O–H groups in total. The van der Waals surface area contributed by atoms with Crippen LogP contribution in [0.3, 0.4) is 0 Å². The number of rotatable bonds is 48. The van der Waals surface area contributed by atoms with Crippen LogP contribution < -0.4 is 0 Å². The number of unbranched alkanes of at least 4 members (excludes halogenated alkanes) is 35. The lowest BCUT2D eigenvalue weighted by Gasteiger charge is -2.18. The van der Waals surface area contributed by atoms with Gasteiger partial charge in [0.1, 0.15) is 13.2 Å². The highest BCUT2D eigenvalue weighted by Gasteiger charge is 2.19. The number of carbonyl (C=O) groups is 3. The Kier molecular flexibility index (Phi) is 46.2. The molecule has 0 aromatic heterocycles. The van der Waals surface area contributed by atoms with Gasteiger partial charge in [0, 0.05) is 19.3 Å². The number of hydrogen-bond acceptors (Lipinski definition) is 6. The molecule has 0 spiro atoms. The molecule has 59 heavy (non-hydrogen) atoms. The fourth-order valence-corrected chi connectivity index (χ4v) is 8.04. The molecular formula is C53H102O6. The zero-order chi connectivity index (χ0) is 43.1. The van der Waals surface area contributed by atoms with Gasteiger partial charge in [0.15, 0.2) is 6.10 Å². The third-order valence-corrected chi connectivity index (χ3v) is 12.0. The third kappa shape index (κ3) is 47.3. The van der Waals surface area contributed by atoms with E-state index in [0.29, 0.717) is 19.3 Å². The second kappa shape index (κ2) is 47.5. The molecule has 0 fully saturated rings. The van der Waals surface area contributed by atoms with E-state index in [1.54, 1.807) is 0 Å². The summed E-state index contributed by atoms with van der Waals surface area (Å²) in [6.07, 6.45) is 49.5. The Morgan fingerprint density at radius 1 is 0.322 bits per heavy atom. The molecule has 0 aliphatic carbocycles. The average molecular weight is 835 g/mol. The Balaban J connectivity index is 4.30. The molecule has 0 aliphatic heterocycles. The van der Waals surface area contributed by atoms with E-state index >= 15 is 0 Å². The van der Waals surface area contributed by atoms with Crippen molar-refractivity contribution in [2.24, 2.45) is 5.92 Å². The van der Waals surface area contributed by atoms with Gasteiger partial charge in [-0.05, 0) is 25.2 Å². The molecule has 0 aromatic rings. The van der Waals surface area contributed by atoms with Gasteiger partial charge in [-0.3, -0.25) is 14.4 Å². The van der Waals surface area contributed by atoms with E-state index in [0.717, 1.165) is 63.7 Å². The molecular weight excluding hydrogens is 733 g/mol. The third-order valence-electron chi connectivity index (χ3n) is 12.0. The average Bonchev–Trinajstić information content (AvgIpc) is 3.22. The quantitative estimate of drug-likeness (QED) is 0.0345. The summed E-state index contributed by atoms with van der Waals surface area (Å²) in [5.41, 5.74) is 0. The molecule has 0 rings (SSSR count). The van der Waals surface area contributed by atoms with Crippen LogP contribution in [-0.2, 0) is 28.6 Å². The van der Waals surface area contributed by atoms with Gasteiger partial charge < -0.3 is 14.2 Å². The summed E-state index contributed by atoms with van der Waals surface area (Å²) in [6, 6.07) is 0. The van der Waals surface area contributed by atoms with Gasteiger partial charge in [0.05, 0.1) is 0 Å². The molecule has 6 nitrogen and oxygen atoms in total. The van der Waals surface area contributed by atoms with Crippen molar-refractivity contribution in [2.45, 2.75) is 303 Å². The van der Waals surface area contributed by atoms with Crippen LogP contribution in [-0.4, -0.2) is 37.2 Å². The predicted octanol–water partition coefficient (Wildman–Crippen LogP) is 17.1. The maximum absolute atomic E-state index is 12.8. The summed E-state index contributed by atoms with van der Waals surface area (Å²) in [4.78, 5) is 37.9. The maximum atomic E-state index is 12.8. The van der Waals surface area contributed by atoms with E-state index in [1.807, 2.05) is 0 Å². The SMILES string of the molecule is CCCCCCCCCCCCCCCCCC(=O)OC[C@@H](COC(=O)CCCCCCCCCCC(C)C)OC(=O)CCCCCCCCCCCCCCCCC. The number of hydrogen-bond donors (Lipinski definition) is 0. The van der Waals surface area contributed by atoms with E-state index in [-0.39, 0.29) is 31.1 Å². The summed E-state index contributed by atoms with van der Waals surface area (Å²) in [6.45, 7) is 9.00. The van der Waals surface area contributed by atoms with Gasteiger partial charge in [0.25, 0.3) is 0 Å². The summed E-state index contributed by atoms with van der Waals surface area (Å²) in [5, 5.41) is 0. The lowest BCUT2D eigenvalue weighted by Crippen LogP contribution is -2.30. The molecule has 0 saturated carbocycles. The molecule has 0 radical (unpaired) electrons. The van der Waals surface area contributed by atoms with Crippen LogP contribution in [0.25, 0.3) is 0 Å². The number of ether oxygens (including phenoxy) is 3. The van der Waals surface area contributed by atoms with Crippen LogP contribution in [0, 0.1) is 5.92 Å². The summed E-state index contributed by atoms with van der Waals surface area (Å²) in [5.74, 6) is -0.0478. The predicted molar refractivity (Wildman–Crippen MR) is 252 cm³/mol. The summed E-state index contributed by atoms with van der Waals surface area (Å²) < 4.78 is 16.8. The van der Waals surface area contributed by atoms with Crippen molar-refractivity contribution in [1.82, 2.24) is 0 Å². The van der Waals surface area contributed by atoms with Gasteiger partial charge in [-0.1, -0.05) is 259 Å². The Hall–Kier alpha value is -1.59. The molecule has 350 valence electrons. The van der Waals surface area contributed by atoms with E-state index in [2.05, 4.69) is 27.7 Å². The summed E-state index contributed by atoms with van der Waals surface area (Å²) >= 11 is 0. The Morgan fingerprint density at radius 3 is 0.831 bits per heavy atom. The van der Waals surface area contributed by atoms with Crippen molar-refractivity contribution >= 4 is 17.9 Å². The van der Waals surface area contributed by atoms with E-state index in [4.69, 9.17) is 14.2 Å². The van der Waals surface area contributed by atoms with Crippen LogP contribution in [0.4, 0.5) is 0 Å². The molecule has 0 saturated heterocycles. The Bertz CT molecular complexity index is 887. The minimum atomic E-state index is -0.761. The highest BCUT2D eigenvalue weighted by Crippen LogP contribution is 2.17. The molecule has 0 aliphatic rings. The van der Waals surface area contributed by atoms with Gasteiger partial charge in [-0.2, -0.15) is 0 Å². The largest absolute Gasteiger partial charge is 0.462 e. The molecule has 0 aromatic carbocycles. The first kappa shape index (κ1) is 57.4. The molecule has 6 heteroatoms.